The molecule has 1 aliphatic carbocycles. The van der Waals surface area contributed by atoms with Gasteiger partial charge in [0.05, 0.1) is 6.10 Å². The molecular weight excluding hydrogens is 208 g/mol. The third kappa shape index (κ3) is 3.32. The number of fused-ring (bicyclic) bond motifs is 1. The maximum absolute atomic E-state index is 9.83. The van der Waals surface area contributed by atoms with Crippen molar-refractivity contribution < 1.29 is 5.11 Å². The van der Waals surface area contributed by atoms with Gasteiger partial charge in [-0.05, 0) is 55.6 Å². The third-order valence-electron chi connectivity index (χ3n) is 3.96. The summed E-state index contributed by atoms with van der Waals surface area (Å²) in [6.45, 7) is 2.14. The van der Waals surface area contributed by atoms with Crippen molar-refractivity contribution in [2.24, 2.45) is 0 Å². The molecule has 0 heterocycles. The second kappa shape index (κ2) is 6.20. The van der Waals surface area contributed by atoms with E-state index in [9.17, 15) is 5.11 Å². The van der Waals surface area contributed by atoms with E-state index in [1.807, 2.05) is 0 Å². The number of aryl methyl sites for hydroxylation is 1. The smallest absolute Gasteiger partial charge is 0.0540 e. The van der Waals surface area contributed by atoms with Gasteiger partial charge in [-0.15, -0.1) is 0 Å². The zero-order valence-electron chi connectivity index (χ0n) is 10.9. The molecule has 2 rings (SSSR count). The number of rotatable bonds is 5. The largest absolute Gasteiger partial charge is 0.393 e. The minimum absolute atomic E-state index is 0.0888. The summed E-state index contributed by atoms with van der Waals surface area (Å²) in [7, 11) is 0. The van der Waals surface area contributed by atoms with Gasteiger partial charge in [0, 0.05) is 0 Å². The second-order valence-electron chi connectivity index (χ2n) is 5.31. The first-order chi connectivity index (χ1) is 8.31. The molecule has 0 bridgehead atoms. The fourth-order valence-corrected chi connectivity index (χ4v) is 3.03. The van der Waals surface area contributed by atoms with E-state index >= 15 is 0 Å². The Bertz CT molecular complexity index is 345. The quantitative estimate of drug-likeness (QED) is 0.812. The monoisotopic (exact) mass is 232 g/mol. The van der Waals surface area contributed by atoms with Crippen molar-refractivity contribution in [3.05, 3.63) is 35.4 Å². The Morgan fingerprint density at radius 3 is 2.94 bits per heavy atom. The molecule has 1 aromatic carbocycles. The van der Waals surface area contributed by atoms with Crippen LogP contribution in [0.4, 0.5) is 0 Å². The summed E-state index contributed by atoms with van der Waals surface area (Å²) in [6, 6.07) is 8.85. The Kier molecular flexibility index (Phi) is 4.61. The molecule has 0 fully saturated rings. The highest BCUT2D eigenvalue weighted by Crippen LogP contribution is 2.35. The maximum Gasteiger partial charge on any atom is 0.0540 e. The van der Waals surface area contributed by atoms with Crippen molar-refractivity contribution in [2.45, 2.75) is 63.9 Å². The molecule has 0 saturated carbocycles. The van der Waals surface area contributed by atoms with E-state index in [1.165, 1.54) is 24.8 Å². The number of benzene rings is 1. The van der Waals surface area contributed by atoms with Crippen LogP contribution in [0.5, 0.6) is 0 Å². The molecule has 2 atom stereocenters. The molecule has 0 aliphatic heterocycles. The first kappa shape index (κ1) is 12.6. The summed E-state index contributed by atoms with van der Waals surface area (Å²) in [5.41, 5.74) is 3.08. The normalized spacial score (nSPS) is 20.9. The lowest BCUT2D eigenvalue weighted by atomic mass is 9.80. The lowest BCUT2D eigenvalue weighted by Gasteiger charge is -2.26. The van der Waals surface area contributed by atoms with Crippen molar-refractivity contribution in [1.82, 2.24) is 0 Å². The van der Waals surface area contributed by atoms with Crippen LogP contribution >= 0.6 is 0 Å². The van der Waals surface area contributed by atoms with Crippen molar-refractivity contribution in [1.29, 1.82) is 0 Å². The number of hydrogen-bond acceptors (Lipinski definition) is 1. The van der Waals surface area contributed by atoms with E-state index in [0.717, 1.165) is 25.7 Å². The van der Waals surface area contributed by atoms with E-state index in [1.54, 1.807) is 5.56 Å². The highest BCUT2D eigenvalue weighted by atomic mass is 16.3. The Morgan fingerprint density at radius 2 is 2.12 bits per heavy atom. The predicted octanol–water partition coefficient (Wildman–Crippen LogP) is 4.05. The fourth-order valence-electron chi connectivity index (χ4n) is 3.03. The molecule has 2 unspecified atom stereocenters. The van der Waals surface area contributed by atoms with Gasteiger partial charge in [0.2, 0.25) is 0 Å². The van der Waals surface area contributed by atoms with E-state index in [2.05, 4.69) is 31.2 Å². The molecule has 0 radical (unpaired) electrons. The van der Waals surface area contributed by atoms with Crippen LogP contribution in [0.3, 0.4) is 0 Å². The average Bonchev–Trinajstić information content (AvgIpc) is 2.36. The second-order valence-corrected chi connectivity index (χ2v) is 5.31. The number of hydrogen-bond donors (Lipinski definition) is 1. The topological polar surface area (TPSA) is 20.2 Å². The van der Waals surface area contributed by atoms with Crippen molar-refractivity contribution in [3.63, 3.8) is 0 Å². The van der Waals surface area contributed by atoms with Gasteiger partial charge in [0.1, 0.15) is 0 Å². The summed E-state index contributed by atoms with van der Waals surface area (Å²) >= 11 is 0. The average molecular weight is 232 g/mol. The SMILES string of the molecule is CCCC(O)CCC1CCCc2ccccc21. The lowest BCUT2D eigenvalue weighted by molar-refractivity contribution is 0.147. The molecule has 0 amide bonds. The van der Waals surface area contributed by atoms with Gasteiger partial charge in [-0.3, -0.25) is 0 Å². The van der Waals surface area contributed by atoms with Crippen LogP contribution in [0.2, 0.25) is 0 Å². The zero-order chi connectivity index (χ0) is 12.1. The minimum Gasteiger partial charge on any atom is -0.393 e. The predicted molar refractivity (Wildman–Crippen MR) is 72.3 cm³/mol. The van der Waals surface area contributed by atoms with E-state index in [-0.39, 0.29) is 6.10 Å². The Morgan fingerprint density at radius 1 is 1.29 bits per heavy atom. The number of aliphatic hydroxyl groups excluding tert-OH is 1. The van der Waals surface area contributed by atoms with E-state index in [4.69, 9.17) is 0 Å². The molecule has 1 aliphatic rings. The molecule has 1 heteroatoms. The summed E-state index contributed by atoms with van der Waals surface area (Å²) < 4.78 is 0. The first-order valence-electron chi connectivity index (χ1n) is 7.07. The van der Waals surface area contributed by atoms with Crippen LogP contribution in [-0.2, 0) is 6.42 Å². The van der Waals surface area contributed by atoms with Crippen molar-refractivity contribution >= 4 is 0 Å². The molecule has 0 spiro atoms. The maximum atomic E-state index is 9.83. The molecule has 1 aromatic rings. The van der Waals surface area contributed by atoms with Gasteiger partial charge in [0.25, 0.3) is 0 Å². The standard InChI is InChI=1S/C16H24O/c1-2-6-15(17)12-11-14-9-5-8-13-7-3-4-10-16(13)14/h3-4,7,10,14-15,17H,2,5-6,8-9,11-12H2,1H3. The van der Waals surface area contributed by atoms with E-state index in [0.29, 0.717) is 5.92 Å². The third-order valence-corrected chi connectivity index (χ3v) is 3.96. The highest BCUT2D eigenvalue weighted by molar-refractivity contribution is 5.32. The van der Waals surface area contributed by atoms with Crippen LogP contribution in [0.1, 0.15) is 62.5 Å². The Balaban J connectivity index is 1.94. The summed E-state index contributed by atoms with van der Waals surface area (Å²) in [5.74, 6) is 0.687. The molecule has 1 nitrogen and oxygen atoms in total. The van der Waals surface area contributed by atoms with Crippen LogP contribution < -0.4 is 0 Å². The van der Waals surface area contributed by atoms with Crippen LogP contribution in [0.25, 0.3) is 0 Å². The summed E-state index contributed by atoms with van der Waals surface area (Å²) in [5, 5.41) is 9.83. The molecule has 1 N–H and O–H groups in total. The van der Waals surface area contributed by atoms with Gasteiger partial charge in [0.15, 0.2) is 0 Å². The lowest BCUT2D eigenvalue weighted by Crippen LogP contribution is -2.13. The van der Waals surface area contributed by atoms with Crippen LogP contribution in [0.15, 0.2) is 24.3 Å². The first-order valence-corrected chi connectivity index (χ1v) is 7.07. The highest BCUT2D eigenvalue weighted by Gasteiger charge is 2.20. The molecule has 0 aromatic heterocycles. The molecule has 0 saturated heterocycles. The van der Waals surface area contributed by atoms with E-state index < -0.39 is 0 Å². The minimum atomic E-state index is -0.0888. The van der Waals surface area contributed by atoms with Crippen LogP contribution in [-0.4, -0.2) is 11.2 Å². The Labute approximate surface area is 105 Å². The van der Waals surface area contributed by atoms with Gasteiger partial charge in [-0.2, -0.15) is 0 Å². The van der Waals surface area contributed by atoms with Gasteiger partial charge >= 0.3 is 0 Å². The summed E-state index contributed by atoms with van der Waals surface area (Å²) in [6.07, 6.45) is 7.92. The molecule has 94 valence electrons. The van der Waals surface area contributed by atoms with Gasteiger partial charge < -0.3 is 5.11 Å². The van der Waals surface area contributed by atoms with Crippen LogP contribution in [0, 0.1) is 0 Å². The van der Waals surface area contributed by atoms with Crippen molar-refractivity contribution in [3.8, 4) is 0 Å². The molecule has 17 heavy (non-hydrogen) atoms. The zero-order valence-corrected chi connectivity index (χ0v) is 10.9. The number of aliphatic hydroxyl groups is 1. The summed E-state index contributed by atoms with van der Waals surface area (Å²) in [4.78, 5) is 0. The molecular formula is C16H24O. The van der Waals surface area contributed by atoms with Crippen molar-refractivity contribution in [2.75, 3.05) is 0 Å². The van der Waals surface area contributed by atoms with Gasteiger partial charge in [-0.1, -0.05) is 37.6 Å². The fraction of sp³-hybridized carbons (Fsp3) is 0.625. The van der Waals surface area contributed by atoms with Gasteiger partial charge in [-0.25, -0.2) is 0 Å². The Hall–Kier alpha value is -0.820.